The highest BCUT2D eigenvalue weighted by molar-refractivity contribution is 5.60. The number of hydrogen-bond acceptors (Lipinski definition) is 4. The molecular formula is C7H8O4. The van der Waals surface area contributed by atoms with Crippen molar-refractivity contribution in [2.45, 2.75) is 5.79 Å². The summed E-state index contributed by atoms with van der Waals surface area (Å²) in [5.74, 6) is -4.14. The summed E-state index contributed by atoms with van der Waals surface area (Å²) < 4.78 is 0. The lowest BCUT2D eigenvalue weighted by molar-refractivity contribution is -0.179. The van der Waals surface area contributed by atoms with Gasteiger partial charge in [-0.15, -0.1) is 0 Å². The van der Waals surface area contributed by atoms with E-state index in [1.54, 1.807) is 0 Å². The first-order valence-electron chi connectivity index (χ1n) is 3.07. The van der Waals surface area contributed by atoms with Gasteiger partial charge in [0.15, 0.2) is 5.76 Å². The summed E-state index contributed by atoms with van der Waals surface area (Å²) in [6.07, 6.45) is 4.17. The first-order chi connectivity index (χ1) is 5.09. The van der Waals surface area contributed by atoms with Crippen molar-refractivity contribution in [2.24, 2.45) is 5.92 Å². The molecule has 0 saturated carbocycles. The topological polar surface area (TPSA) is 77.8 Å². The lowest BCUT2D eigenvalue weighted by Gasteiger charge is -2.26. The van der Waals surface area contributed by atoms with Crippen LogP contribution in [-0.2, 0) is 4.79 Å². The third kappa shape index (κ3) is 1.18. The summed E-state index contributed by atoms with van der Waals surface area (Å²) >= 11 is 0. The summed E-state index contributed by atoms with van der Waals surface area (Å²) in [5, 5.41) is 27.0. The highest BCUT2D eigenvalue weighted by Crippen LogP contribution is 2.24. The smallest absolute Gasteiger partial charge is 0.235 e. The number of allylic oxidation sites excluding steroid dienone is 2. The van der Waals surface area contributed by atoms with Crippen molar-refractivity contribution in [3.8, 4) is 0 Å². The molecule has 1 aliphatic carbocycles. The van der Waals surface area contributed by atoms with Crippen LogP contribution in [-0.4, -0.2) is 27.4 Å². The maximum atomic E-state index is 10.2. The third-order valence-corrected chi connectivity index (χ3v) is 1.56. The van der Waals surface area contributed by atoms with Crippen LogP contribution in [0.4, 0.5) is 0 Å². The van der Waals surface area contributed by atoms with E-state index >= 15 is 0 Å². The Hall–Kier alpha value is -1.13. The minimum Gasteiger partial charge on any atom is -0.507 e. The van der Waals surface area contributed by atoms with Gasteiger partial charge < -0.3 is 20.1 Å². The molecule has 1 atom stereocenters. The molecule has 0 heterocycles. The van der Waals surface area contributed by atoms with E-state index in [4.69, 9.17) is 15.3 Å². The first kappa shape index (κ1) is 7.97. The van der Waals surface area contributed by atoms with Gasteiger partial charge in [0.1, 0.15) is 6.29 Å². The Morgan fingerprint density at radius 1 is 1.55 bits per heavy atom. The standard InChI is InChI=1S/C7H8O4/c8-4-5-2-1-3-6(9)7(5,10)11/h1-5,9-11H. The van der Waals surface area contributed by atoms with Gasteiger partial charge in [-0.25, -0.2) is 0 Å². The van der Waals surface area contributed by atoms with Crippen molar-refractivity contribution in [2.75, 3.05) is 0 Å². The normalized spacial score (nSPS) is 27.8. The minimum absolute atomic E-state index is 0.361. The fraction of sp³-hybridized carbons (Fsp3) is 0.286. The molecule has 0 bridgehead atoms. The lowest BCUT2D eigenvalue weighted by Crippen LogP contribution is -2.41. The molecule has 3 N–H and O–H groups in total. The van der Waals surface area contributed by atoms with Crippen molar-refractivity contribution in [1.29, 1.82) is 0 Å². The summed E-state index contributed by atoms with van der Waals surface area (Å²) in [7, 11) is 0. The quantitative estimate of drug-likeness (QED) is 0.353. The van der Waals surface area contributed by atoms with Crippen molar-refractivity contribution in [3.63, 3.8) is 0 Å². The van der Waals surface area contributed by atoms with Crippen LogP contribution in [0.1, 0.15) is 0 Å². The molecule has 0 aromatic carbocycles. The van der Waals surface area contributed by atoms with Crippen LogP contribution in [0.25, 0.3) is 0 Å². The van der Waals surface area contributed by atoms with E-state index in [-0.39, 0.29) is 0 Å². The molecule has 0 spiro atoms. The van der Waals surface area contributed by atoms with Gasteiger partial charge in [0.25, 0.3) is 0 Å². The van der Waals surface area contributed by atoms with Crippen LogP contribution in [0.5, 0.6) is 0 Å². The van der Waals surface area contributed by atoms with Gasteiger partial charge in [0.05, 0.1) is 5.92 Å². The molecule has 0 amide bonds. The average molecular weight is 156 g/mol. The van der Waals surface area contributed by atoms with Crippen LogP contribution >= 0.6 is 0 Å². The minimum atomic E-state index is -2.43. The zero-order valence-corrected chi connectivity index (χ0v) is 5.64. The van der Waals surface area contributed by atoms with E-state index in [1.165, 1.54) is 12.2 Å². The van der Waals surface area contributed by atoms with Crippen LogP contribution in [0.15, 0.2) is 24.0 Å². The van der Waals surface area contributed by atoms with Gasteiger partial charge in [-0.2, -0.15) is 0 Å². The second-order valence-corrected chi connectivity index (χ2v) is 2.32. The van der Waals surface area contributed by atoms with Gasteiger partial charge in [-0.3, -0.25) is 0 Å². The van der Waals surface area contributed by atoms with E-state index in [2.05, 4.69) is 0 Å². The van der Waals surface area contributed by atoms with Gasteiger partial charge in [-0.1, -0.05) is 12.2 Å². The Morgan fingerprint density at radius 3 is 2.64 bits per heavy atom. The molecular weight excluding hydrogens is 148 g/mol. The van der Waals surface area contributed by atoms with E-state index in [0.29, 0.717) is 6.29 Å². The average Bonchev–Trinajstić information content (AvgIpc) is 1.95. The number of aliphatic hydroxyl groups excluding tert-OH is 1. The summed E-state index contributed by atoms with van der Waals surface area (Å²) in [6, 6.07) is 0. The van der Waals surface area contributed by atoms with Crippen LogP contribution < -0.4 is 0 Å². The SMILES string of the molecule is O=CC1C=CC=C(O)C1(O)O. The summed E-state index contributed by atoms with van der Waals surface area (Å²) in [5.41, 5.74) is 0. The largest absolute Gasteiger partial charge is 0.507 e. The molecule has 4 nitrogen and oxygen atoms in total. The Morgan fingerprint density at radius 2 is 2.18 bits per heavy atom. The molecule has 0 saturated heterocycles. The Kier molecular flexibility index (Phi) is 1.80. The Balaban J connectivity index is 2.97. The van der Waals surface area contributed by atoms with E-state index in [9.17, 15) is 4.79 Å². The Labute approximate surface area is 63.1 Å². The number of carbonyl (C=O) groups excluding carboxylic acids is 1. The van der Waals surface area contributed by atoms with Crippen molar-refractivity contribution < 1.29 is 20.1 Å². The number of rotatable bonds is 1. The van der Waals surface area contributed by atoms with Crippen LogP contribution in [0, 0.1) is 5.92 Å². The lowest BCUT2D eigenvalue weighted by atomic mass is 9.94. The maximum Gasteiger partial charge on any atom is 0.235 e. The number of aldehydes is 1. The molecule has 0 radical (unpaired) electrons. The van der Waals surface area contributed by atoms with Crippen molar-refractivity contribution in [1.82, 2.24) is 0 Å². The van der Waals surface area contributed by atoms with E-state index in [0.717, 1.165) is 6.08 Å². The summed E-state index contributed by atoms with van der Waals surface area (Å²) in [4.78, 5) is 10.2. The van der Waals surface area contributed by atoms with Crippen LogP contribution in [0.2, 0.25) is 0 Å². The number of hydrogen-bond donors (Lipinski definition) is 3. The monoisotopic (exact) mass is 156 g/mol. The molecule has 1 unspecified atom stereocenters. The second-order valence-electron chi connectivity index (χ2n) is 2.32. The molecule has 11 heavy (non-hydrogen) atoms. The molecule has 0 aliphatic heterocycles. The van der Waals surface area contributed by atoms with Gasteiger partial charge in [0.2, 0.25) is 5.79 Å². The molecule has 0 fully saturated rings. The third-order valence-electron chi connectivity index (χ3n) is 1.56. The second kappa shape index (κ2) is 2.48. The number of aliphatic hydroxyl groups is 3. The predicted molar refractivity (Wildman–Crippen MR) is 36.6 cm³/mol. The molecule has 0 aromatic rings. The fourth-order valence-electron chi connectivity index (χ4n) is 0.834. The molecule has 60 valence electrons. The first-order valence-corrected chi connectivity index (χ1v) is 3.07. The van der Waals surface area contributed by atoms with Crippen LogP contribution in [0.3, 0.4) is 0 Å². The van der Waals surface area contributed by atoms with Gasteiger partial charge >= 0.3 is 0 Å². The zero-order valence-electron chi connectivity index (χ0n) is 5.64. The fourth-order valence-corrected chi connectivity index (χ4v) is 0.834. The van der Waals surface area contributed by atoms with E-state index < -0.39 is 17.5 Å². The van der Waals surface area contributed by atoms with E-state index in [1.807, 2.05) is 0 Å². The molecule has 0 aromatic heterocycles. The molecule has 4 heteroatoms. The highest BCUT2D eigenvalue weighted by atomic mass is 16.5. The highest BCUT2D eigenvalue weighted by Gasteiger charge is 2.38. The Bertz CT molecular complexity index is 227. The van der Waals surface area contributed by atoms with Gasteiger partial charge in [0, 0.05) is 0 Å². The van der Waals surface area contributed by atoms with Crippen molar-refractivity contribution >= 4 is 6.29 Å². The maximum absolute atomic E-state index is 10.2. The summed E-state index contributed by atoms with van der Waals surface area (Å²) in [6.45, 7) is 0. The van der Waals surface area contributed by atoms with Gasteiger partial charge in [-0.05, 0) is 6.08 Å². The van der Waals surface area contributed by atoms with Crippen molar-refractivity contribution in [3.05, 3.63) is 24.0 Å². The molecule has 1 rings (SSSR count). The predicted octanol–water partition coefficient (Wildman–Crippen LogP) is -0.506. The zero-order chi connectivity index (χ0) is 8.48. The molecule has 1 aliphatic rings. The number of carbonyl (C=O) groups is 1.